The summed E-state index contributed by atoms with van der Waals surface area (Å²) in [5, 5.41) is 4.62. The van der Waals surface area contributed by atoms with E-state index in [9.17, 15) is 0 Å². The number of methoxy groups -OCH3 is 2. The first-order valence-corrected chi connectivity index (χ1v) is 11.0. The lowest BCUT2D eigenvalue weighted by Gasteiger charge is -2.11. The van der Waals surface area contributed by atoms with E-state index in [1.54, 1.807) is 14.2 Å². The molecule has 7 nitrogen and oxygen atoms in total. The number of ether oxygens (including phenoxy) is 2. The van der Waals surface area contributed by atoms with Crippen molar-refractivity contribution >= 4 is 0 Å². The van der Waals surface area contributed by atoms with Gasteiger partial charge in [-0.25, -0.2) is 15.0 Å². The van der Waals surface area contributed by atoms with E-state index in [0.29, 0.717) is 23.7 Å². The minimum atomic E-state index is 0.586. The summed E-state index contributed by atoms with van der Waals surface area (Å²) in [4.78, 5) is 14.0. The molecule has 0 unspecified atom stereocenters. The van der Waals surface area contributed by atoms with Crippen LogP contribution in [-0.4, -0.2) is 39.0 Å². The molecule has 2 heterocycles. The average molecular weight is 444 g/mol. The van der Waals surface area contributed by atoms with Crippen molar-refractivity contribution in [1.82, 2.24) is 24.7 Å². The number of aromatic nitrogens is 5. The molecular weight excluding hydrogens is 414 g/mol. The van der Waals surface area contributed by atoms with Gasteiger partial charge in [-0.05, 0) is 56.9 Å². The monoisotopic (exact) mass is 443 g/mol. The first-order valence-electron chi connectivity index (χ1n) is 11.0. The summed E-state index contributed by atoms with van der Waals surface area (Å²) < 4.78 is 12.6. The summed E-state index contributed by atoms with van der Waals surface area (Å²) in [6, 6.07) is 16.5. The summed E-state index contributed by atoms with van der Waals surface area (Å²) in [5.41, 5.74) is 4.60. The Hall–Kier alpha value is -3.74. The Morgan fingerprint density at radius 2 is 1.45 bits per heavy atom. The van der Waals surface area contributed by atoms with Crippen molar-refractivity contribution in [2.75, 3.05) is 14.2 Å². The van der Waals surface area contributed by atoms with Crippen molar-refractivity contribution < 1.29 is 9.47 Å². The van der Waals surface area contributed by atoms with Gasteiger partial charge in [0.15, 0.2) is 17.3 Å². The predicted octanol–water partition coefficient (Wildman–Crippen LogP) is 4.38. The number of hydrogen-bond donors (Lipinski definition) is 0. The van der Waals surface area contributed by atoms with Crippen LogP contribution in [-0.2, 0) is 19.3 Å². The van der Waals surface area contributed by atoms with Crippen LogP contribution in [0.5, 0.6) is 11.5 Å². The van der Waals surface area contributed by atoms with Crippen molar-refractivity contribution in [3.63, 3.8) is 0 Å². The largest absolute Gasteiger partial charge is 0.493 e. The molecule has 0 fully saturated rings. The third-order valence-electron chi connectivity index (χ3n) is 5.48. The van der Waals surface area contributed by atoms with Crippen molar-refractivity contribution in [3.05, 3.63) is 88.4 Å². The number of benzene rings is 2. The van der Waals surface area contributed by atoms with E-state index in [1.165, 1.54) is 11.1 Å². The van der Waals surface area contributed by atoms with Gasteiger partial charge in [-0.1, -0.05) is 35.9 Å². The van der Waals surface area contributed by atoms with Crippen LogP contribution in [0, 0.1) is 20.8 Å². The average Bonchev–Trinajstić information content (AvgIpc) is 3.18. The Morgan fingerprint density at radius 3 is 2.18 bits per heavy atom. The van der Waals surface area contributed by atoms with Gasteiger partial charge in [0.2, 0.25) is 0 Å². The Morgan fingerprint density at radius 1 is 0.727 bits per heavy atom. The summed E-state index contributed by atoms with van der Waals surface area (Å²) in [6.07, 6.45) is 2.34. The normalized spacial score (nSPS) is 10.9. The van der Waals surface area contributed by atoms with Crippen LogP contribution >= 0.6 is 0 Å². The maximum absolute atomic E-state index is 5.45. The molecule has 0 N–H and O–H groups in total. The molecule has 0 saturated carbocycles. The first-order chi connectivity index (χ1) is 15.9. The van der Waals surface area contributed by atoms with E-state index in [1.807, 2.05) is 42.8 Å². The van der Waals surface area contributed by atoms with Crippen LogP contribution in [0.4, 0.5) is 0 Å². The predicted molar refractivity (Wildman–Crippen MR) is 127 cm³/mol. The van der Waals surface area contributed by atoms with Gasteiger partial charge in [0.25, 0.3) is 0 Å². The second kappa shape index (κ2) is 9.81. The van der Waals surface area contributed by atoms with Gasteiger partial charge in [-0.15, -0.1) is 5.10 Å². The van der Waals surface area contributed by atoms with E-state index < -0.39 is 0 Å². The van der Waals surface area contributed by atoms with Gasteiger partial charge in [0.05, 0.1) is 14.2 Å². The summed E-state index contributed by atoms with van der Waals surface area (Å²) in [6.45, 7) is 5.90. The molecule has 0 amide bonds. The highest BCUT2D eigenvalue weighted by atomic mass is 16.5. The highest BCUT2D eigenvalue weighted by molar-refractivity contribution is 5.43. The molecule has 4 aromatic rings. The molecule has 0 spiro atoms. The lowest BCUT2D eigenvalue weighted by atomic mass is 10.1. The van der Waals surface area contributed by atoms with Crippen molar-refractivity contribution in [3.8, 4) is 17.3 Å². The molecular formula is C26H29N5O2. The molecule has 0 aliphatic rings. The van der Waals surface area contributed by atoms with Crippen LogP contribution in [0.2, 0.25) is 0 Å². The summed E-state index contributed by atoms with van der Waals surface area (Å²) >= 11 is 0. The molecule has 0 saturated heterocycles. The molecule has 7 heteroatoms. The van der Waals surface area contributed by atoms with Crippen molar-refractivity contribution in [2.45, 2.75) is 40.0 Å². The Balaban J connectivity index is 1.60. The van der Waals surface area contributed by atoms with Gasteiger partial charge in [0.1, 0.15) is 17.5 Å². The van der Waals surface area contributed by atoms with Crippen LogP contribution in [0.25, 0.3) is 5.82 Å². The number of rotatable bonds is 8. The van der Waals surface area contributed by atoms with Crippen LogP contribution in [0.15, 0.2) is 48.5 Å². The fourth-order valence-corrected chi connectivity index (χ4v) is 3.81. The zero-order valence-electron chi connectivity index (χ0n) is 19.8. The van der Waals surface area contributed by atoms with Crippen molar-refractivity contribution in [2.24, 2.45) is 0 Å². The van der Waals surface area contributed by atoms with E-state index in [2.05, 4.69) is 51.2 Å². The first kappa shape index (κ1) is 22.5. The molecule has 0 atom stereocenters. The molecule has 2 aromatic heterocycles. The fourth-order valence-electron chi connectivity index (χ4n) is 3.81. The lowest BCUT2D eigenvalue weighted by molar-refractivity contribution is 0.354. The molecule has 4 rings (SSSR count). The van der Waals surface area contributed by atoms with Gasteiger partial charge < -0.3 is 9.47 Å². The van der Waals surface area contributed by atoms with Gasteiger partial charge in [0, 0.05) is 18.2 Å². The molecule has 2 aromatic carbocycles. The topological polar surface area (TPSA) is 75.0 Å². The molecule has 0 bridgehead atoms. The van der Waals surface area contributed by atoms with Gasteiger partial charge >= 0.3 is 0 Å². The molecule has 0 aliphatic heterocycles. The second-order valence-electron chi connectivity index (χ2n) is 8.10. The molecule has 33 heavy (non-hydrogen) atoms. The molecule has 0 aliphatic carbocycles. The standard InChI is InChI=1S/C26H29N5O2/c1-17-6-8-20(9-7-17)10-12-22-16-26(28-18(2)27-22)31-25(29-19(3)30-31)15-21-11-13-23(32-4)24(14-21)33-5/h6-9,11,13-14,16H,10,12,15H2,1-5H3. The maximum Gasteiger partial charge on any atom is 0.161 e. The third-order valence-corrected chi connectivity index (χ3v) is 5.48. The van der Waals surface area contributed by atoms with E-state index in [0.717, 1.165) is 41.6 Å². The van der Waals surface area contributed by atoms with E-state index >= 15 is 0 Å². The quantitative estimate of drug-likeness (QED) is 0.402. The zero-order valence-corrected chi connectivity index (χ0v) is 19.8. The second-order valence-corrected chi connectivity index (χ2v) is 8.10. The van der Waals surface area contributed by atoms with Gasteiger partial charge in [-0.3, -0.25) is 0 Å². The Bertz CT molecular complexity index is 1250. The SMILES string of the molecule is COc1ccc(Cc2nc(C)nn2-c2cc(CCc3ccc(C)cc3)nc(C)n2)cc1OC. The number of hydrogen-bond acceptors (Lipinski definition) is 6. The summed E-state index contributed by atoms with van der Waals surface area (Å²) in [5.74, 6) is 4.34. The minimum Gasteiger partial charge on any atom is -0.493 e. The van der Waals surface area contributed by atoms with Crippen LogP contribution in [0.3, 0.4) is 0 Å². The lowest BCUT2D eigenvalue weighted by Crippen LogP contribution is -2.09. The molecule has 0 radical (unpaired) electrons. The Kier molecular flexibility index (Phi) is 6.68. The van der Waals surface area contributed by atoms with Crippen LogP contribution in [0.1, 0.15) is 39.9 Å². The van der Waals surface area contributed by atoms with E-state index in [4.69, 9.17) is 9.47 Å². The maximum atomic E-state index is 5.45. The number of aryl methyl sites for hydroxylation is 5. The van der Waals surface area contributed by atoms with Crippen LogP contribution < -0.4 is 9.47 Å². The van der Waals surface area contributed by atoms with Gasteiger partial charge in [-0.2, -0.15) is 4.68 Å². The highest BCUT2D eigenvalue weighted by Crippen LogP contribution is 2.28. The van der Waals surface area contributed by atoms with Crippen molar-refractivity contribution in [1.29, 1.82) is 0 Å². The summed E-state index contributed by atoms with van der Waals surface area (Å²) in [7, 11) is 3.27. The fraction of sp³-hybridized carbons (Fsp3) is 0.308. The zero-order chi connectivity index (χ0) is 23.4. The van der Waals surface area contributed by atoms with E-state index in [-0.39, 0.29) is 0 Å². The Labute approximate surface area is 194 Å². The third kappa shape index (κ3) is 5.37. The smallest absolute Gasteiger partial charge is 0.161 e. The highest BCUT2D eigenvalue weighted by Gasteiger charge is 2.15. The molecule has 170 valence electrons. The minimum absolute atomic E-state index is 0.586. The number of nitrogens with zero attached hydrogens (tertiary/aromatic N) is 5.